The third kappa shape index (κ3) is 7.03. The molecule has 3 heterocycles. The number of piperidine rings is 1. The van der Waals surface area contributed by atoms with Crippen LogP contribution in [-0.4, -0.2) is 65.4 Å². The predicted octanol–water partition coefficient (Wildman–Crippen LogP) is 5.46. The van der Waals surface area contributed by atoms with Crippen LogP contribution in [0.2, 0.25) is 0 Å². The summed E-state index contributed by atoms with van der Waals surface area (Å²) in [5.41, 5.74) is 2.54. The van der Waals surface area contributed by atoms with Crippen LogP contribution in [0.4, 0.5) is 15.3 Å². The fraction of sp³-hybridized carbons (Fsp3) is 0.500. The number of aliphatic imine (C=N–C) groups is 1. The van der Waals surface area contributed by atoms with Gasteiger partial charge in [0.2, 0.25) is 5.91 Å². The number of carbonyl (C=O) groups excluding carboxylic acids is 4. The number of hydrogen-bond donors (Lipinski definition) is 2. The maximum absolute atomic E-state index is 13.1. The molecule has 2 aliphatic rings. The van der Waals surface area contributed by atoms with Crippen LogP contribution in [0.5, 0.6) is 0 Å². The highest BCUT2D eigenvalue weighted by Crippen LogP contribution is 2.37. The molecule has 5 amide bonds. The Kier molecular flexibility index (Phi) is 9.86. The van der Waals surface area contributed by atoms with E-state index in [-0.39, 0.29) is 17.6 Å². The van der Waals surface area contributed by atoms with E-state index in [2.05, 4.69) is 32.7 Å². The molecule has 1 fully saturated rings. The molecular weight excluding hydrogens is 526 g/mol. The van der Waals surface area contributed by atoms with E-state index in [1.54, 1.807) is 6.92 Å². The first-order chi connectivity index (χ1) is 19.2. The summed E-state index contributed by atoms with van der Waals surface area (Å²) >= 11 is 1.42. The third-order valence-corrected chi connectivity index (χ3v) is 8.62. The second-order valence-corrected chi connectivity index (χ2v) is 11.9. The van der Waals surface area contributed by atoms with Gasteiger partial charge in [0, 0.05) is 28.7 Å². The third-order valence-electron chi connectivity index (χ3n) is 7.68. The second-order valence-electron chi connectivity index (χ2n) is 10.9. The first-order valence-corrected chi connectivity index (χ1v) is 14.9. The number of benzene rings is 1. The van der Waals surface area contributed by atoms with E-state index in [4.69, 9.17) is 0 Å². The van der Waals surface area contributed by atoms with Crippen LogP contribution in [0.3, 0.4) is 0 Å². The summed E-state index contributed by atoms with van der Waals surface area (Å²) in [4.78, 5) is 58.7. The van der Waals surface area contributed by atoms with E-state index in [1.165, 1.54) is 23.8 Å². The van der Waals surface area contributed by atoms with E-state index in [1.807, 2.05) is 43.5 Å². The van der Waals surface area contributed by atoms with Crippen molar-refractivity contribution in [3.8, 4) is 0 Å². The van der Waals surface area contributed by atoms with Crippen LogP contribution >= 0.6 is 11.3 Å². The Bertz CT molecular complexity index is 1250. The van der Waals surface area contributed by atoms with Crippen molar-refractivity contribution in [2.24, 2.45) is 16.8 Å². The molecule has 2 N–H and O–H groups in total. The van der Waals surface area contributed by atoms with Gasteiger partial charge in [-0.05, 0) is 87.8 Å². The number of imide groups is 1. The number of amides is 5. The molecule has 10 heteroatoms. The Morgan fingerprint density at radius 1 is 1.12 bits per heavy atom. The van der Waals surface area contributed by atoms with Crippen molar-refractivity contribution < 1.29 is 19.2 Å². The van der Waals surface area contributed by atoms with Crippen LogP contribution in [0.15, 0.2) is 46.8 Å². The van der Waals surface area contributed by atoms with Gasteiger partial charge in [0.25, 0.3) is 0 Å². The monoisotopic (exact) mass is 565 g/mol. The number of likely N-dealkylation sites (tertiary alicyclic amines) is 1. The molecule has 214 valence electrons. The van der Waals surface area contributed by atoms with Crippen LogP contribution in [0.25, 0.3) is 0 Å². The molecule has 2 aliphatic heterocycles. The van der Waals surface area contributed by atoms with Crippen LogP contribution in [0.1, 0.15) is 69.4 Å². The first-order valence-electron chi connectivity index (χ1n) is 14.0. The molecule has 40 heavy (non-hydrogen) atoms. The molecule has 2 unspecified atom stereocenters. The van der Waals surface area contributed by atoms with Gasteiger partial charge < -0.3 is 15.5 Å². The molecule has 0 spiro atoms. The molecule has 0 aliphatic carbocycles. The smallest absolute Gasteiger partial charge is 0.338 e. The lowest BCUT2D eigenvalue weighted by molar-refractivity contribution is -0.120. The topological polar surface area (TPSA) is 111 Å². The lowest BCUT2D eigenvalue weighted by atomic mass is 9.88. The van der Waals surface area contributed by atoms with Crippen LogP contribution in [-0.2, 0) is 9.59 Å². The highest BCUT2D eigenvalue weighted by Gasteiger charge is 2.44. The van der Waals surface area contributed by atoms with Gasteiger partial charge in [0.15, 0.2) is 0 Å². The van der Waals surface area contributed by atoms with Gasteiger partial charge in [-0.1, -0.05) is 32.0 Å². The molecule has 9 nitrogen and oxygen atoms in total. The molecular formula is C30H39N5O4S. The standard InChI is InChI=1S/C30H39N5O4S/c1-19(2)28(37)33-24-9-5-8-23(18-24)22-11-15-34(16-12-22)14-7-13-31-29(38)35-27(25-10-6-17-40-25)26(21(4)36)20(3)32-30(35)39/h5-6,8-10,17-19,22,26-27H,7,11-16H2,1-4H3,(H,31,38)(H,33,37). The van der Waals surface area contributed by atoms with Crippen molar-refractivity contribution in [3.63, 3.8) is 0 Å². The zero-order chi connectivity index (χ0) is 28.8. The summed E-state index contributed by atoms with van der Waals surface area (Å²) in [6.07, 6.45) is 2.81. The Balaban J connectivity index is 1.26. The molecule has 0 saturated carbocycles. The Labute approximate surface area is 240 Å². The highest BCUT2D eigenvalue weighted by molar-refractivity contribution is 7.10. The van der Waals surface area contributed by atoms with Gasteiger partial charge in [-0.3, -0.25) is 9.59 Å². The average molecular weight is 566 g/mol. The van der Waals surface area contributed by atoms with Gasteiger partial charge in [0.1, 0.15) is 5.78 Å². The maximum Gasteiger partial charge on any atom is 0.352 e. The summed E-state index contributed by atoms with van der Waals surface area (Å²) in [7, 11) is 0. The van der Waals surface area contributed by atoms with Gasteiger partial charge >= 0.3 is 12.1 Å². The van der Waals surface area contributed by atoms with Crippen LogP contribution < -0.4 is 10.6 Å². The minimum atomic E-state index is -0.682. The summed E-state index contributed by atoms with van der Waals surface area (Å²) in [6, 6.07) is 10.0. The number of nitrogens with one attached hydrogen (secondary N) is 2. The van der Waals surface area contributed by atoms with E-state index in [0.29, 0.717) is 18.2 Å². The SMILES string of the molecule is CC(=O)C1C(C)=NC(=O)N(C(=O)NCCCN2CCC(c3cccc(NC(=O)C(C)C)c3)CC2)C1c1cccs1. The number of urea groups is 2. The van der Waals surface area contributed by atoms with Gasteiger partial charge in [-0.25, -0.2) is 19.5 Å². The Morgan fingerprint density at radius 2 is 1.88 bits per heavy atom. The number of hydrogen-bond acceptors (Lipinski definition) is 6. The minimum absolute atomic E-state index is 0.0206. The zero-order valence-electron chi connectivity index (χ0n) is 23.7. The molecule has 1 aromatic heterocycles. The normalized spacial score (nSPS) is 20.4. The number of Topliss-reactive ketones (excluding diaryl/α,β-unsaturated/α-hetero) is 1. The molecule has 4 rings (SSSR count). The number of carbonyl (C=O) groups is 4. The summed E-state index contributed by atoms with van der Waals surface area (Å²) < 4.78 is 0. The number of nitrogens with zero attached hydrogens (tertiary/aromatic N) is 3. The summed E-state index contributed by atoms with van der Waals surface area (Å²) in [5.74, 6) is -0.359. The molecule has 2 atom stereocenters. The van der Waals surface area contributed by atoms with E-state index < -0.39 is 24.0 Å². The lowest BCUT2D eigenvalue weighted by Crippen LogP contribution is -2.52. The van der Waals surface area contributed by atoms with Crippen molar-refractivity contribution in [1.29, 1.82) is 0 Å². The quantitative estimate of drug-likeness (QED) is 0.392. The summed E-state index contributed by atoms with van der Waals surface area (Å²) in [6.45, 7) is 10.1. The van der Waals surface area contributed by atoms with Crippen molar-refractivity contribution >= 4 is 46.5 Å². The number of thiophene rings is 1. The minimum Gasteiger partial charge on any atom is -0.338 e. The van der Waals surface area contributed by atoms with Gasteiger partial charge in [-0.2, -0.15) is 0 Å². The summed E-state index contributed by atoms with van der Waals surface area (Å²) in [5, 5.41) is 7.74. The Morgan fingerprint density at radius 3 is 2.52 bits per heavy atom. The van der Waals surface area contributed by atoms with Gasteiger partial charge in [0.05, 0.1) is 12.0 Å². The molecule has 0 radical (unpaired) electrons. The van der Waals surface area contributed by atoms with E-state index >= 15 is 0 Å². The fourth-order valence-corrected chi connectivity index (χ4v) is 6.33. The maximum atomic E-state index is 13.1. The number of ketones is 1. The molecule has 0 bridgehead atoms. The molecule has 1 aromatic carbocycles. The van der Waals surface area contributed by atoms with Crippen LogP contribution in [0, 0.1) is 11.8 Å². The molecule has 1 saturated heterocycles. The molecule has 2 aromatic rings. The Hall–Kier alpha value is -3.37. The van der Waals surface area contributed by atoms with Gasteiger partial charge in [-0.15, -0.1) is 11.3 Å². The van der Waals surface area contributed by atoms with E-state index in [9.17, 15) is 19.2 Å². The predicted molar refractivity (Wildman–Crippen MR) is 158 cm³/mol. The second kappa shape index (κ2) is 13.3. The van der Waals surface area contributed by atoms with Crippen molar-refractivity contribution in [2.45, 2.75) is 58.9 Å². The van der Waals surface area contributed by atoms with Crippen molar-refractivity contribution in [3.05, 3.63) is 52.2 Å². The lowest BCUT2D eigenvalue weighted by Gasteiger charge is -2.36. The van der Waals surface area contributed by atoms with E-state index in [0.717, 1.165) is 54.4 Å². The highest BCUT2D eigenvalue weighted by atomic mass is 32.1. The first kappa shape index (κ1) is 29.6. The van der Waals surface area contributed by atoms with Crippen molar-refractivity contribution in [1.82, 2.24) is 15.1 Å². The zero-order valence-corrected chi connectivity index (χ0v) is 24.5. The number of rotatable bonds is 9. The fourth-order valence-electron chi connectivity index (χ4n) is 5.48. The largest absolute Gasteiger partial charge is 0.352 e. The van der Waals surface area contributed by atoms with Crippen molar-refractivity contribution in [2.75, 3.05) is 31.5 Å². The number of anilines is 1. The average Bonchev–Trinajstić information content (AvgIpc) is 3.45.